The standard InChI is InChI=1S/C38H75NO5/c1-3-5-7-9-11-13-14-15-16-17-18-19-20-21-22-23-24-26-28-30-32-36(42)38(44)39-34(33-40)37(43)35(41)31-29-27-25-12-10-8-6-4-2/h19-20,34-37,40-43H,3-18,21-33H2,1-2H3,(H,39,44)/b20-19-. The van der Waals surface area contributed by atoms with Gasteiger partial charge in [0.15, 0.2) is 0 Å². The van der Waals surface area contributed by atoms with E-state index in [1.807, 2.05) is 0 Å². The molecule has 0 aromatic carbocycles. The second-order valence-electron chi connectivity index (χ2n) is 13.3. The number of carbonyl (C=O) groups is 1. The van der Waals surface area contributed by atoms with Crippen LogP contribution in [0.5, 0.6) is 0 Å². The molecule has 4 unspecified atom stereocenters. The average Bonchev–Trinajstić information content (AvgIpc) is 3.03. The monoisotopic (exact) mass is 626 g/mol. The quantitative estimate of drug-likeness (QED) is 0.0362. The largest absolute Gasteiger partial charge is 0.394 e. The maximum absolute atomic E-state index is 12.4. The molecule has 0 aliphatic carbocycles. The highest BCUT2D eigenvalue weighted by Crippen LogP contribution is 2.15. The van der Waals surface area contributed by atoms with E-state index < -0.39 is 36.9 Å². The summed E-state index contributed by atoms with van der Waals surface area (Å²) in [5.74, 6) is -0.591. The molecule has 6 heteroatoms. The number of nitrogens with one attached hydrogen (secondary N) is 1. The van der Waals surface area contributed by atoms with Crippen LogP contribution >= 0.6 is 0 Å². The van der Waals surface area contributed by atoms with Gasteiger partial charge in [-0.15, -0.1) is 0 Å². The molecule has 0 spiro atoms. The first-order valence-corrected chi connectivity index (χ1v) is 19.1. The van der Waals surface area contributed by atoms with Crippen LogP contribution in [-0.2, 0) is 4.79 Å². The lowest BCUT2D eigenvalue weighted by molar-refractivity contribution is -0.132. The Bertz CT molecular complexity index is 628. The van der Waals surface area contributed by atoms with Gasteiger partial charge in [-0.1, -0.05) is 167 Å². The molecule has 0 aromatic rings. The van der Waals surface area contributed by atoms with Crippen molar-refractivity contribution in [1.82, 2.24) is 5.32 Å². The van der Waals surface area contributed by atoms with Crippen molar-refractivity contribution in [3.05, 3.63) is 12.2 Å². The summed E-state index contributed by atoms with van der Waals surface area (Å²) in [7, 11) is 0. The first kappa shape index (κ1) is 43.0. The first-order valence-electron chi connectivity index (χ1n) is 19.1. The smallest absolute Gasteiger partial charge is 0.249 e. The summed E-state index contributed by atoms with van der Waals surface area (Å²) in [4.78, 5) is 12.4. The molecule has 0 heterocycles. The van der Waals surface area contributed by atoms with Crippen molar-refractivity contribution < 1.29 is 25.2 Å². The number of hydrogen-bond acceptors (Lipinski definition) is 5. The zero-order valence-electron chi connectivity index (χ0n) is 29.2. The Morgan fingerprint density at radius 2 is 0.909 bits per heavy atom. The number of aliphatic hydroxyl groups is 4. The SMILES string of the molecule is CCCCCCCCCCCC/C=C\CCCCCCCCC(O)C(=O)NC(CO)C(O)C(O)CCCCCCCCCC. The van der Waals surface area contributed by atoms with Crippen LogP contribution in [0.15, 0.2) is 12.2 Å². The van der Waals surface area contributed by atoms with Crippen molar-refractivity contribution >= 4 is 5.91 Å². The van der Waals surface area contributed by atoms with E-state index in [2.05, 4.69) is 31.3 Å². The summed E-state index contributed by atoms with van der Waals surface area (Å²) in [6.45, 7) is 4.00. The zero-order valence-corrected chi connectivity index (χ0v) is 29.2. The molecule has 0 saturated heterocycles. The van der Waals surface area contributed by atoms with Crippen molar-refractivity contribution in [2.24, 2.45) is 0 Å². The van der Waals surface area contributed by atoms with E-state index in [0.29, 0.717) is 12.8 Å². The molecule has 262 valence electrons. The Morgan fingerprint density at radius 1 is 0.545 bits per heavy atom. The molecule has 0 rings (SSSR count). The topological polar surface area (TPSA) is 110 Å². The molecule has 1 amide bonds. The van der Waals surface area contributed by atoms with Gasteiger partial charge in [-0.2, -0.15) is 0 Å². The molecule has 0 aliphatic heterocycles. The number of carbonyl (C=O) groups excluding carboxylic acids is 1. The van der Waals surface area contributed by atoms with Crippen LogP contribution in [-0.4, -0.2) is 57.3 Å². The predicted octanol–water partition coefficient (Wildman–Crippen LogP) is 9.07. The van der Waals surface area contributed by atoms with E-state index in [-0.39, 0.29) is 0 Å². The lowest BCUT2D eigenvalue weighted by Crippen LogP contribution is -2.53. The average molecular weight is 626 g/mol. The molecule has 0 bridgehead atoms. The van der Waals surface area contributed by atoms with Crippen LogP contribution in [0.4, 0.5) is 0 Å². The van der Waals surface area contributed by atoms with E-state index in [1.165, 1.54) is 122 Å². The second kappa shape index (κ2) is 33.4. The van der Waals surface area contributed by atoms with Gasteiger partial charge < -0.3 is 25.7 Å². The highest BCUT2D eigenvalue weighted by molar-refractivity contribution is 5.80. The lowest BCUT2D eigenvalue weighted by atomic mass is 9.99. The van der Waals surface area contributed by atoms with Gasteiger partial charge in [0.25, 0.3) is 0 Å². The Balaban J connectivity index is 3.73. The van der Waals surface area contributed by atoms with Crippen molar-refractivity contribution in [3.63, 3.8) is 0 Å². The highest BCUT2D eigenvalue weighted by atomic mass is 16.3. The third-order valence-corrected chi connectivity index (χ3v) is 8.98. The maximum Gasteiger partial charge on any atom is 0.249 e. The van der Waals surface area contributed by atoms with Crippen LogP contribution in [0.3, 0.4) is 0 Å². The van der Waals surface area contributed by atoms with Crippen LogP contribution in [0.2, 0.25) is 0 Å². The van der Waals surface area contributed by atoms with E-state index in [9.17, 15) is 25.2 Å². The van der Waals surface area contributed by atoms with Crippen LogP contribution in [0.25, 0.3) is 0 Å². The van der Waals surface area contributed by atoms with E-state index in [0.717, 1.165) is 44.9 Å². The Morgan fingerprint density at radius 3 is 1.32 bits per heavy atom. The molecular formula is C38H75NO5. The van der Waals surface area contributed by atoms with Gasteiger partial charge in [0.1, 0.15) is 12.2 Å². The number of rotatable bonds is 34. The van der Waals surface area contributed by atoms with Gasteiger partial charge in [-0.25, -0.2) is 0 Å². The number of amides is 1. The second-order valence-corrected chi connectivity index (χ2v) is 13.3. The molecule has 44 heavy (non-hydrogen) atoms. The fraction of sp³-hybridized carbons (Fsp3) is 0.921. The number of aliphatic hydroxyl groups excluding tert-OH is 4. The fourth-order valence-corrected chi connectivity index (χ4v) is 5.87. The summed E-state index contributed by atoms with van der Waals surface area (Å²) in [5, 5.41) is 43.3. The highest BCUT2D eigenvalue weighted by Gasteiger charge is 2.28. The molecule has 4 atom stereocenters. The van der Waals surface area contributed by atoms with Gasteiger partial charge in [-0.3, -0.25) is 4.79 Å². The minimum atomic E-state index is -1.25. The summed E-state index contributed by atoms with van der Waals surface area (Å²) in [6, 6.07) is -0.981. The third kappa shape index (κ3) is 27.4. The van der Waals surface area contributed by atoms with Crippen LogP contribution in [0.1, 0.15) is 194 Å². The summed E-state index contributed by atoms with van der Waals surface area (Å²) >= 11 is 0. The predicted molar refractivity (Wildman–Crippen MR) is 187 cm³/mol. The molecule has 6 nitrogen and oxygen atoms in total. The first-order chi connectivity index (χ1) is 21.5. The lowest BCUT2D eigenvalue weighted by Gasteiger charge is -2.27. The van der Waals surface area contributed by atoms with Gasteiger partial charge >= 0.3 is 0 Å². The van der Waals surface area contributed by atoms with Crippen molar-refractivity contribution in [2.45, 2.75) is 218 Å². The number of allylic oxidation sites excluding steroid dienone is 2. The van der Waals surface area contributed by atoms with E-state index >= 15 is 0 Å². The summed E-state index contributed by atoms with van der Waals surface area (Å²) in [6.07, 6.45) is 33.9. The van der Waals surface area contributed by atoms with Gasteiger partial charge in [0, 0.05) is 0 Å². The normalized spacial score (nSPS) is 14.6. The Hall–Kier alpha value is -0.950. The molecule has 0 aliphatic rings. The molecule has 0 radical (unpaired) electrons. The third-order valence-electron chi connectivity index (χ3n) is 8.98. The van der Waals surface area contributed by atoms with Gasteiger partial charge in [0.2, 0.25) is 5.91 Å². The number of hydrogen-bond donors (Lipinski definition) is 5. The molecule has 5 N–H and O–H groups in total. The van der Waals surface area contributed by atoms with Crippen LogP contribution in [0, 0.1) is 0 Å². The van der Waals surface area contributed by atoms with Crippen molar-refractivity contribution in [2.75, 3.05) is 6.61 Å². The molecular weight excluding hydrogens is 550 g/mol. The fourth-order valence-electron chi connectivity index (χ4n) is 5.87. The molecule has 0 fully saturated rings. The van der Waals surface area contributed by atoms with E-state index in [4.69, 9.17) is 0 Å². The maximum atomic E-state index is 12.4. The minimum absolute atomic E-state index is 0.364. The summed E-state index contributed by atoms with van der Waals surface area (Å²) < 4.78 is 0. The summed E-state index contributed by atoms with van der Waals surface area (Å²) in [5.41, 5.74) is 0. The minimum Gasteiger partial charge on any atom is -0.394 e. The van der Waals surface area contributed by atoms with Gasteiger partial charge in [0.05, 0.1) is 18.8 Å². The molecule has 0 saturated carbocycles. The van der Waals surface area contributed by atoms with Crippen molar-refractivity contribution in [3.8, 4) is 0 Å². The van der Waals surface area contributed by atoms with Crippen LogP contribution < -0.4 is 5.32 Å². The Kier molecular flexibility index (Phi) is 32.7. The zero-order chi connectivity index (χ0) is 32.5. The van der Waals surface area contributed by atoms with E-state index in [1.54, 1.807) is 0 Å². The number of unbranched alkanes of at least 4 members (excludes halogenated alkanes) is 23. The van der Waals surface area contributed by atoms with Crippen molar-refractivity contribution in [1.29, 1.82) is 0 Å². The molecule has 0 aromatic heterocycles. The Labute approximate surface area is 272 Å². The van der Waals surface area contributed by atoms with Gasteiger partial charge in [-0.05, 0) is 38.5 Å².